The van der Waals surface area contributed by atoms with Crippen LogP contribution in [0.25, 0.3) is 0 Å². The molecule has 0 radical (unpaired) electrons. The lowest BCUT2D eigenvalue weighted by molar-refractivity contribution is -0.149. The summed E-state index contributed by atoms with van der Waals surface area (Å²) in [5, 5.41) is 17.0. The van der Waals surface area contributed by atoms with Crippen LogP contribution in [0.5, 0.6) is 0 Å². The number of carbonyl (C=O) groups is 2. The second kappa shape index (κ2) is 6.67. The molecule has 7 nitrogen and oxygen atoms in total. The molecule has 1 saturated heterocycles. The van der Waals surface area contributed by atoms with Crippen LogP contribution in [0.4, 0.5) is 4.79 Å². The number of hydrogen-bond acceptors (Lipinski definition) is 5. The molecule has 2 rings (SSSR count). The van der Waals surface area contributed by atoms with Crippen molar-refractivity contribution in [2.75, 3.05) is 6.54 Å². The fourth-order valence-electron chi connectivity index (χ4n) is 1.97. The van der Waals surface area contributed by atoms with E-state index < -0.39 is 12.1 Å². The molecule has 0 saturated carbocycles. The first-order chi connectivity index (χ1) is 9.54. The minimum absolute atomic E-state index is 0.233. The highest BCUT2D eigenvalue weighted by molar-refractivity contribution is 7.09. The predicted molar refractivity (Wildman–Crippen MR) is 72.6 cm³/mol. The molecular formula is C12H17N3O4S. The van der Waals surface area contributed by atoms with Crippen molar-refractivity contribution >= 4 is 23.3 Å². The van der Waals surface area contributed by atoms with Crippen LogP contribution >= 0.6 is 11.3 Å². The fourth-order valence-corrected chi connectivity index (χ4v) is 2.58. The molecule has 2 atom stereocenters. The fraction of sp³-hybridized carbons (Fsp3) is 0.583. The molecule has 110 valence electrons. The first-order valence-electron chi connectivity index (χ1n) is 6.35. The molecule has 1 aromatic heterocycles. The Morgan fingerprint density at radius 3 is 2.90 bits per heavy atom. The minimum atomic E-state index is -0.948. The highest BCUT2D eigenvalue weighted by Crippen LogP contribution is 2.19. The van der Waals surface area contributed by atoms with Gasteiger partial charge in [0.05, 0.1) is 23.4 Å². The first kappa shape index (κ1) is 14.7. The SMILES string of the molecule is Cc1nc(CNC(=O)NCC2CCC(C(=O)O)O2)cs1. The van der Waals surface area contributed by atoms with Crippen molar-refractivity contribution in [2.45, 2.75) is 38.5 Å². The Bertz CT molecular complexity index is 491. The van der Waals surface area contributed by atoms with E-state index in [0.717, 1.165) is 10.7 Å². The lowest BCUT2D eigenvalue weighted by atomic mass is 10.2. The van der Waals surface area contributed by atoms with Gasteiger partial charge in [-0.25, -0.2) is 14.6 Å². The third-order valence-electron chi connectivity index (χ3n) is 2.97. The number of carboxylic acids is 1. The van der Waals surface area contributed by atoms with Crippen molar-refractivity contribution in [3.05, 3.63) is 16.1 Å². The van der Waals surface area contributed by atoms with Crippen LogP contribution in [0.15, 0.2) is 5.38 Å². The van der Waals surface area contributed by atoms with Gasteiger partial charge in [0.25, 0.3) is 0 Å². The number of ether oxygens (including phenoxy) is 1. The van der Waals surface area contributed by atoms with Gasteiger partial charge in [0, 0.05) is 11.9 Å². The maximum Gasteiger partial charge on any atom is 0.332 e. The van der Waals surface area contributed by atoms with Crippen molar-refractivity contribution < 1.29 is 19.4 Å². The van der Waals surface area contributed by atoms with E-state index in [4.69, 9.17) is 9.84 Å². The highest BCUT2D eigenvalue weighted by atomic mass is 32.1. The number of hydrogen-bond donors (Lipinski definition) is 3. The number of amides is 2. The van der Waals surface area contributed by atoms with Gasteiger partial charge in [0.15, 0.2) is 6.10 Å². The molecule has 1 aliphatic rings. The lowest BCUT2D eigenvalue weighted by Gasteiger charge is -2.12. The van der Waals surface area contributed by atoms with E-state index in [1.807, 2.05) is 12.3 Å². The molecule has 8 heteroatoms. The Morgan fingerprint density at radius 1 is 1.50 bits per heavy atom. The van der Waals surface area contributed by atoms with Crippen LogP contribution in [-0.2, 0) is 16.1 Å². The molecule has 1 aromatic rings. The molecule has 2 amide bonds. The van der Waals surface area contributed by atoms with Gasteiger partial charge < -0.3 is 20.5 Å². The van der Waals surface area contributed by atoms with Crippen LogP contribution in [0.1, 0.15) is 23.5 Å². The summed E-state index contributed by atoms with van der Waals surface area (Å²) in [4.78, 5) is 26.5. The number of nitrogens with zero attached hydrogens (tertiary/aromatic N) is 1. The molecule has 20 heavy (non-hydrogen) atoms. The maximum atomic E-state index is 11.6. The standard InChI is InChI=1S/C12H17N3O4S/c1-7-15-8(6-20-7)4-13-12(18)14-5-9-2-3-10(19-9)11(16)17/h6,9-10H,2-5H2,1H3,(H,16,17)(H2,13,14,18). The number of aryl methyl sites for hydroxylation is 1. The van der Waals surface area contributed by atoms with Crippen molar-refractivity contribution in [1.29, 1.82) is 0 Å². The van der Waals surface area contributed by atoms with Crippen LogP contribution in [-0.4, -0.2) is 40.8 Å². The summed E-state index contributed by atoms with van der Waals surface area (Å²) in [5.41, 5.74) is 0.825. The van der Waals surface area contributed by atoms with Gasteiger partial charge in [-0.15, -0.1) is 11.3 Å². The monoisotopic (exact) mass is 299 g/mol. The van der Waals surface area contributed by atoms with E-state index in [2.05, 4.69) is 15.6 Å². The number of urea groups is 1. The molecule has 0 spiro atoms. The third kappa shape index (κ3) is 4.17. The summed E-state index contributed by atoms with van der Waals surface area (Å²) < 4.78 is 5.29. The smallest absolute Gasteiger partial charge is 0.332 e. The Balaban J connectivity index is 1.64. The second-order valence-electron chi connectivity index (χ2n) is 4.58. The van der Waals surface area contributed by atoms with Crippen molar-refractivity contribution in [2.24, 2.45) is 0 Å². The van der Waals surface area contributed by atoms with Crippen LogP contribution in [0.3, 0.4) is 0 Å². The van der Waals surface area contributed by atoms with Gasteiger partial charge in [-0.05, 0) is 19.8 Å². The third-order valence-corrected chi connectivity index (χ3v) is 3.79. The number of thiazole rings is 1. The predicted octanol–water partition coefficient (Wildman–Crippen LogP) is 0.883. The van der Waals surface area contributed by atoms with Gasteiger partial charge in [0.1, 0.15) is 0 Å². The van der Waals surface area contributed by atoms with Crippen molar-refractivity contribution in [3.63, 3.8) is 0 Å². The number of rotatable bonds is 5. The molecule has 1 fully saturated rings. The Kier molecular flexibility index (Phi) is 4.91. The molecule has 3 N–H and O–H groups in total. The quantitative estimate of drug-likeness (QED) is 0.749. The van der Waals surface area contributed by atoms with E-state index in [9.17, 15) is 9.59 Å². The Labute approximate surface area is 120 Å². The van der Waals surface area contributed by atoms with Crippen molar-refractivity contribution in [3.8, 4) is 0 Å². The lowest BCUT2D eigenvalue weighted by Crippen LogP contribution is -2.39. The van der Waals surface area contributed by atoms with Crippen molar-refractivity contribution in [1.82, 2.24) is 15.6 Å². The van der Waals surface area contributed by atoms with E-state index in [1.165, 1.54) is 11.3 Å². The second-order valence-corrected chi connectivity index (χ2v) is 5.65. The molecule has 2 heterocycles. The summed E-state index contributed by atoms with van der Waals surface area (Å²) in [5.74, 6) is -0.948. The van der Waals surface area contributed by atoms with Crippen LogP contribution in [0.2, 0.25) is 0 Å². The molecule has 2 unspecified atom stereocenters. The van der Waals surface area contributed by atoms with E-state index in [-0.39, 0.29) is 12.1 Å². The zero-order valence-corrected chi connectivity index (χ0v) is 11.9. The van der Waals surface area contributed by atoms with Gasteiger partial charge in [-0.3, -0.25) is 0 Å². The van der Waals surface area contributed by atoms with E-state index in [1.54, 1.807) is 0 Å². The Morgan fingerprint density at radius 2 is 2.30 bits per heavy atom. The molecule has 0 aliphatic carbocycles. The average molecular weight is 299 g/mol. The summed E-state index contributed by atoms with van der Waals surface area (Å²) >= 11 is 1.53. The highest BCUT2D eigenvalue weighted by Gasteiger charge is 2.30. The largest absolute Gasteiger partial charge is 0.479 e. The zero-order valence-electron chi connectivity index (χ0n) is 11.1. The number of carbonyl (C=O) groups excluding carboxylic acids is 1. The van der Waals surface area contributed by atoms with Gasteiger partial charge in [0.2, 0.25) is 0 Å². The van der Waals surface area contributed by atoms with Gasteiger partial charge in [-0.2, -0.15) is 0 Å². The number of aliphatic carboxylic acids is 1. The molecule has 0 aromatic carbocycles. The van der Waals surface area contributed by atoms with Gasteiger partial charge >= 0.3 is 12.0 Å². The maximum absolute atomic E-state index is 11.6. The van der Waals surface area contributed by atoms with Gasteiger partial charge in [-0.1, -0.05) is 0 Å². The zero-order chi connectivity index (χ0) is 14.5. The first-order valence-corrected chi connectivity index (χ1v) is 7.23. The number of carboxylic acid groups (broad SMARTS) is 1. The molecular weight excluding hydrogens is 282 g/mol. The Hall–Kier alpha value is -1.67. The van der Waals surface area contributed by atoms with Crippen LogP contribution in [0, 0.1) is 6.92 Å². The summed E-state index contributed by atoms with van der Waals surface area (Å²) in [6.45, 7) is 2.59. The average Bonchev–Trinajstić information content (AvgIpc) is 3.03. The summed E-state index contributed by atoms with van der Waals surface area (Å²) in [6.07, 6.45) is 0.149. The summed E-state index contributed by atoms with van der Waals surface area (Å²) in [6, 6.07) is -0.307. The van der Waals surface area contributed by atoms with Crippen LogP contribution < -0.4 is 10.6 Å². The number of nitrogens with one attached hydrogen (secondary N) is 2. The normalized spacial score (nSPS) is 21.6. The molecule has 1 aliphatic heterocycles. The summed E-state index contributed by atoms with van der Waals surface area (Å²) in [7, 11) is 0. The van der Waals surface area contributed by atoms with E-state index >= 15 is 0 Å². The minimum Gasteiger partial charge on any atom is -0.479 e. The molecule has 0 bridgehead atoms. The number of aromatic nitrogens is 1. The van der Waals surface area contributed by atoms with E-state index in [0.29, 0.717) is 25.9 Å². The topological polar surface area (TPSA) is 101 Å².